The molecule has 0 aromatic heterocycles. The lowest BCUT2D eigenvalue weighted by Gasteiger charge is -2.45. The van der Waals surface area contributed by atoms with E-state index in [1.807, 2.05) is 0 Å². The minimum Gasteiger partial charge on any atom is -0.317 e. The van der Waals surface area contributed by atoms with E-state index in [4.69, 9.17) is 0 Å². The number of nitrogens with one attached hydrogen (secondary N) is 1. The third kappa shape index (κ3) is 4.87. The van der Waals surface area contributed by atoms with Crippen LogP contribution in [0.1, 0.15) is 53.9 Å². The van der Waals surface area contributed by atoms with Gasteiger partial charge in [0.25, 0.3) is 0 Å². The molecule has 21 heavy (non-hydrogen) atoms. The first kappa shape index (κ1) is 17.6. The van der Waals surface area contributed by atoms with Gasteiger partial charge in [0.05, 0.1) is 0 Å². The Bertz CT molecular complexity index is 335. The van der Waals surface area contributed by atoms with Crippen molar-refractivity contribution in [2.24, 2.45) is 17.3 Å². The van der Waals surface area contributed by atoms with Crippen molar-refractivity contribution in [3.63, 3.8) is 0 Å². The zero-order valence-corrected chi connectivity index (χ0v) is 15.9. The normalized spacial score (nSPS) is 34.9. The largest absolute Gasteiger partial charge is 0.317 e. The zero-order valence-electron chi connectivity index (χ0n) is 15.0. The Labute approximate surface area is 136 Å². The Morgan fingerprint density at radius 2 is 1.95 bits per heavy atom. The van der Waals surface area contributed by atoms with Crippen molar-refractivity contribution in [3.8, 4) is 0 Å². The molecule has 0 bridgehead atoms. The molecule has 0 spiro atoms. The summed E-state index contributed by atoms with van der Waals surface area (Å²) in [7, 11) is 2.16. The summed E-state index contributed by atoms with van der Waals surface area (Å²) >= 11 is 2.14. The highest BCUT2D eigenvalue weighted by Crippen LogP contribution is 2.41. The molecule has 2 aliphatic rings. The number of hydrogen-bond donors (Lipinski definition) is 1. The molecule has 1 saturated carbocycles. The van der Waals surface area contributed by atoms with Gasteiger partial charge in [0.1, 0.15) is 0 Å². The van der Waals surface area contributed by atoms with Crippen LogP contribution in [-0.4, -0.2) is 48.1 Å². The zero-order chi connectivity index (χ0) is 15.7. The molecule has 0 aromatic carbocycles. The minimum absolute atomic E-state index is 0.436. The van der Waals surface area contributed by atoms with Gasteiger partial charge in [0.2, 0.25) is 0 Å². The van der Waals surface area contributed by atoms with Crippen molar-refractivity contribution >= 4 is 11.8 Å². The Morgan fingerprint density at radius 3 is 2.52 bits per heavy atom. The second-order valence-corrected chi connectivity index (χ2v) is 10.7. The molecule has 1 heterocycles. The third-order valence-corrected chi connectivity index (χ3v) is 6.87. The molecule has 1 N–H and O–H groups in total. The number of thioether (sulfide) groups is 1. The molecule has 0 amide bonds. The van der Waals surface area contributed by atoms with E-state index < -0.39 is 0 Å². The molecule has 2 nitrogen and oxygen atoms in total. The number of nitrogens with zero attached hydrogens (tertiary/aromatic N) is 1. The molecule has 2 fully saturated rings. The molecule has 3 heteroatoms. The van der Waals surface area contributed by atoms with E-state index in [1.165, 1.54) is 44.6 Å². The van der Waals surface area contributed by atoms with E-state index >= 15 is 0 Å². The van der Waals surface area contributed by atoms with E-state index in [-0.39, 0.29) is 0 Å². The molecule has 0 radical (unpaired) electrons. The molecule has 2 rings (SSSR count). The van der Waals surface area contributed by atoms with Gasteiger partial charge in [-0.1, -0.05) is 20.8 Å². The van der Waals surface area contributed by atoms with Crippen LogP contribution < -0.4 is 5.32 Å². The minimum atomic E-state index is 0.436. The van der Waals surface area contributed by atoms with Crippen molar-refractivity contribution in [2.75, 3.05) is 32.4 Å². The Balaban J connectivity index is 1.97. The fourth-order valence-corrected chi connectivity index (χ4v) is 5.41. The topological polar surface area (TPSA) is 15.3 Å². The number of rotatable bonds is 3. The number of hydrogen-bond acceptors (Lipinski definition) is 3. The molecule has 1 saturated heterocycles. The van der Waals surface area contributed by atoms with Gasteiger partial charge in [-0.3, -0.25) is 0 Å². The van der Waals surface area contributed by atoms with Crippen LogP contribution in [0.5, 0.6) is 0 Å². The maximum Gasteiger partial charge on any atom is 0.0231 e. The first-order valence-corrected chi connectivity index (χ1v) is 9.73. The summed E-state index contributed by atoms with van der Waals surface area (Å²) in [5.41, 5.74) is 0.466. The predicted octanol–water partition coefficient (Wildman–Crippen LogP) is 3.86. The third-order valence-electron chi connectivity index (χ3n) is 5.58. The highest BCUT2D eigenvalue weighted by atomic mass is 32.2. The monoisotopic (exact) mass is 312 g/mol. The van der Waals surface area contributed by atoms with E-state index in [2.05, 4.69) is 63.6 Å². The summed E-state index contributed by atoms with van der Waals surface area (Å²) in [6.45, 7) is 15.9. The van der Waals surface area contributed by atoms with Crippen LogP contribution in [0.4, 0.5) is 0 Å². The highest BCUT2D eigenvalue weighted by Gasteiger charge is 2.37. The standard InChI is InChI=1S/C18H36N2S/c1-17(2,3)15-7-8-16(19-6)14(11-15)12-20-9-10-21-18(4,5)13-20/h14-16,19H,7-13H2,1-6H3. The van der Waals surface area contributed by atoms with Crippen LogP contribution in [-0.2, 0) is 0 Å². The average Bonchev–Trinajstić information content (AvgIpc) is 2.36. The second-order valence-electron chi connectivity index (χ2n) is 8.87. The van der Waals surface area contributed by atoms with Gasteiger partial charge in [-0.2, -0.15) is 11.8 Å². The first-order chi connectivity index (χ1) is 9.71. The van der Waals surface area contributed by atoms with E-state index in [0.717, 1.165) is 17.9 Å². The van der Waals surface area contributed by atoms with E-state index in [1.54, 1.807) is 0 Å². The molecule has 0 aromatic rings. The van der Waals surface area contributed by atoms with Crippen LogP contribution in [0.15, 0.2) is 0 Å². The lowest BCUT2D eigenvalue weighted by Crippen LogP contribution is -2.50. The summed E-state index contributed by atoms with van der Waals surface area (Å²) in [6.07, 6.45) is 4.15. The summed E-state index contributed by atoms with van der Waals surface area (Å²) in [5, 5.41) is 3.60. The van der Waals surface area contributed by atoms with Gasteiger partial charge in [-0.15, -0.1) is 0 Å². The summed E-state index contributed by atoms with van der Waals surface area (Å²) in [5.74, 6) is 3.01. The van der Waals surface area contributed by atoms with Crippen molar-refractivity contribution in [2.45, 2.75) is 64.7 Å². The van der Waals surface area contributed by atoms with E-state index in [9.17, 15) is 0 Å². The lowest BCUT2D eigenvalue weighted by atomic mass is 9.67. The maximum absolute atomic E-state index is 3.60. The maximum atomic E-state index is 3.60. The van der Waals surface area contributed by atoms with Crippen LogP contribution in [0, 0.1) is 17.3 Å². The van der Waals surface area contributed by atoms with Crippen molar-refractivity contribution < 1.29 is 0 Å². The van der Waals surface area contributed by atoms with Gasteiger partial charge < -0.3 is 10.2 Å². The van der Waals surface area contributed by atoms with Crippen LogP contribution in [0.3, 0.4) is 0 Å². The van der Waals surface area contributed by atoms with Gasteiger partial charge in [-0.25, -0.2) is 0 Å². The summed E-state index contributed by atoms with van der Waals surface area (Å²) in [6, 6.07) is 0.723. The fraction of sp³-hybridized carbons (Fsp3) is 1.00. The van der Waals surface area contributed by atoms with Gasteiger partial charge in [0, 0.05) is 36.2 Å². The Morgan fingerprint density at radius 1 is 1.24 bits per heavy atom. The Hall–Kier alpha value is 0.270. The molecular weight excluding hydrogens is 276 g/mol. The molecule has 1 aliphatic heterocycles. The van der Waals surface area contributed by atoms with Crippen molar-refractivity contribution in [1.82, 2.24) is 10.2 Å². The van der Waals surface area contributed by atoms with Gasteiger partial charge >= 0.3 is 0 Å². The quantitative estimate of drug-likeness (QED) is 0.852. The molecular formula is C18H36N2S. The van der Waals surface area contributed by atoms with Gasteiger partial charge in [0.15, 0.2) is 0 Å². The molecule has 1 aliphatic carbocycles. The molecule has 3 atom stereocenters. The van der Waals surface area contributed by atoms with Gasteiger partial charge in [-0.05, 0) is 57.4 Å². The van der Waals surface area contributed by atoms with Crippen LogP contribution >= 0.6 is 11.8 Å². The smallest absolute Gasteiger partial charge is 0.0231 e. The SMILES string of the molecule is CNC1CCC(C(C)(C)C)CC1CN1CCSC(C)(C)C1. The van der Waals surface area contributed by atoms with Crippen molar-refractivity contribution in [1.29, 1.82) is 0 Å². The summed E-state index contributed by atoms with van der Waals surface area (Å²) < 4.78 is 0.436. The molecule has 124 valence electrons. The van der Waals surface area contributed by atoms with Crippen LogP contribution in [0.25, 0.3) is 0 Å². The lowest BCUT2D eigenvalue weighted by molar-refractivity contribution is 0.0882. The Kier molecular flexibility index (Phi) is 5.71. The highest BCUT2D eigenvalue weighted by molar-refractivity contribution is 8.00. The van der Waals surface area contributed by atoms with Crippen molar-refractivity contribution in [3.05, 3.63) is 0 Å². The van der Waals surface area contributed by atoms with E-state index in [0.29, 0.717) is 10.2 Å². The van der Waals surface area contributed by atoms with Crippen LogP contribution in [0.2, 0.25) is 0 Å². The fourth-order valence-electron chi connectivity index (χ4n) is 4.23. The average molecular weight is 313 g/mol. The molecule has 3 unspecified atom stereocenters. The first-order valence-electron chi connectivity index (χ1n) is 8.75. The predicted molar refractivity (Wildman–Crippen MR) is 96.1 cm³/mol. The second kappa shape index (κ2) is 6.80. The summed E-state index contributed by atoms with van der Waals surface area (Å²) in [4.78, 5) is 2.73.